The fourth-order valence-electron chi connectivity index (χ4n) is 3.78. The second-order valence-corrected chi connectivity index (χ2v) is 8.06. The monoisotopic (exact) mass is 346 g/mol. The number of aromatic nitrogens is 2. The molecule has 0 aromatic carbocycles. The largest absolute Gasteiger partial charge is 0.342 e. The predicted octanol–water partition coefficient (Wildman–Crippen LogP) is 2.03. The van der Waals surface area contributed by atoms with E-state index in [9.17, 15) is 9.59 Å². The van der Waals surface area contributed by atoms with Gasteiger partial charge in [0, 0.05) is 50.4 Å². The number of likely N-dealkylation sites (tertiary alicyclic amines) is 1. The summed E-state index contributed by atoms with van der Waals surface area (Å²) in [5, 5.41) is 4.47. The van der Waals surface area contributed by atoms with E-state index in [2.05, 4.69) is 18.9 Å². The Hall–Kier alpha value is -1.85. The molecule has 1 aliphatic heterocycles. The fourth-order valence-corrected chi connectivity index (χ4v) is 3.78. The van der Waals surface area contributed by atoms with Crippen molar-refractivity contribution >= 4 is 11.8 Å². The maximum absolute atomic E-state index is 13.2. The van der Waals surface area contributed by atoms with Gasteiger partial charge in [-0.05, 0) is 32.6 Å². The molecule has 2 fully saturated rings. The average molecular weight is 346 g/mol. The number of amides is 2. The van der Waals surface area contributed by atoms with E-state index in [1.807, 2.05) is 35.4 Å². The zero-order chi connectivity index (χ0) is 18.3. The molecule has 1 unspecified atom stereocenters. The molecule has 1 aromatic heterocycles. The van der Waals surface area contributed by atoms with E-state index >= 15 is 0 Å². The van der Waals surface area contributed by atoms with Crippen LogP contribution in [0.25, 0.3) is 0 Å². The third-order valence-corrected chi connectivity index (χ3v) is 5.41. The van der Waals surface area contributed by atoms with E-state index in [4.69, 9.17) is 0 Å². The van der Waals surface area contributed by atoms with E-state index in [1.54, 1.807) is 0 Å². The van der Waals surface area contributed by atoms with Crippen LogP contribution in [0.2, 0.25) is 0 Å². The highest BCUT2D eigenvalue weighted by atomic mass is 16.2. The van der Waals surface area contributed by atoms with Crippen LogP contribution in [0.3, 0.4) is 0 Å². The summed E-state index contributed by atoms with van der Waals surface area (Å²) in [7, 11) is 1.94. The topological polar surface area (TPSA) is 58.4 Å². The van der Waals surface area contributed by atoms with Crippen LogP contribution in [0.4, 0.5) is 0 Å². The number of carbonyl (C=O) groups is 2. The van der Waals surface area contributed by atoms with Gasteiger partial charge in [-0.3, -0.25) is 14.3 Å². The number of hydrogen-bond acceptors (Lipinski definition) is 3. The van der Waals surface area contributed by atoms with Crippen LogP contribution < -0.4 is 0 Å². The van der Waals surface area contributed by atoms with Gasteiger partial charge in [-0.25, -0.2) is 0 Å². The SMILES string of the molecule is Cc1nn(C)c(C)c1CN(C(=O)C1CC(=O)N(CC(C)C)C1)C1CC1. The summed E-state index contributed by atoms with van der Waals surface area (Å²) in [5.74, 6) is 0.503. The van der Waals surface area contributed by atoms with Crippen LogP contribution in [-0.2, 0) is 23.2 Å². The van der Waals surface area contributed by atoms with Gasteiger partial charge in [-0.1, -0.05) is 13.8 Å². The minimum absolute atomic E-state index is 0.122. The molecule has 0 radical (unpaired) electrons. The molecule has 1 aromatic rings. The van der Waals surface area contributed by atoms with Crippen molar-refractivity contribution in [3.8, 4) is 0 Å². The van der Waals surface area contributed by atoms with E-state index in [-0.39, 0.29) is 17.7 Å². The lowest BCUT2D eigenvalue weighted by Gasteiger charge is -2.26. The minimum atomic E-state index is -0.191. The third kappa shape index (κ3) is 3.72. The molecule has 1 atom stereocenters. The quantitative estimate of drug-likeness (QED) is 0.792. The number of hydrogen-bond donors (Lipinski definition) is 0. The number of rotatable bonds is 6. The molecule has 6 heteroatoms. The predicted molar refractivity (Wildman–Crippen MR) is 95.8 cm³/mol. The molecule has 1 saturated carbocycles. The molecule has 2 amide bonds. The first kappa shape index (κ1) is 18.0. The fraction of sp³-hybridized carbons (Fsp3) is 0.737. The lowest BCUT2D eigenvalue weighted by molar-refractivity contribution is -0.137. The summed E-state index contributed by atoms with van der Waals surface area (Å²) in [4.78, 5) is 29.3. The molecule has 2 heterocycles. The van der Waals surface area contributed by atoms with E-state index in [0.717, 1.165) is 36.3 Å². The minimum Gasteiger partial charge on any atom is -0.342 e. The normalized spacial score (nSPS) is 20.6. The smallest absolute Gasteiger partial charge is 0.228 e. The molecule has 6 nitrogen and oxygen atoms in total. The van der Waals surface area contributed by atoms with Crippen LogP contribution in [0.5, 0.6) is 0 Å². The lowest BCUT2D eigenvalue weighted by atomic mass is 10.1. The molecule has 0 bridgehead atoms. The first-order valence-electron chi connectivity index (χ1n) is 9.35. The van der Waals surface area contributed by atoms with Crippen molar-refractivity contribution in [1.82, 2.24) is 19.6 Å². The van der Waals surface area contributed by atoms with Gasteiger partial charge in [0.25, 0.3) is 0 Å². The Bertz CT molecular complexity index is 675. The van der Waals surface area contributed by atoms with Crippen molar-refractivity contribution in [2.45, 2.75) is 59.5 Å². The highest BCUT2D eigenvalue weighted by molar-refractivity contribution is 5.89. The van der Waals surface area contributed by atoms with Crippen LogP contribution in [0.15, 0.2) is 0 Å². The Balaban J connectivity index is 1.73. The summed E-state index contributed by atoms with van der Waals surface area (Å²) in [6.07, 6.45) is 2.50. The van der Waals surface area contributed by atoms with Crippen LogP contribution in [-0.4, -0.2) is 50.5 Å². The summed E-state index contributed by atoms with van der Waals surface area (Å²) in [5.41, 5.74) is 3.24. The maximum atomic E-state index is 13.2. The third-order valence-electron chi connectivity index (χ3n) is 5.41. The molecular formula is C19H30N4O2. The van der Waals surface area contributed by atoms with Gasteiger partial charge in [0.15, 0.2) is 0 Å². The van der Waals surface area contributed by atoms with E-state index in [0.29, 0.717) is 31.5 Å². The van der Waals surface area contributed by atoms with Crippen molar-refractivity contribution < 1.29 is 9.59 Å². The van der Waals surface area contributed by atoms with Crippen molar-refractivity contribution in [3.63, 3.8) is 0 Å². The van der Waals surface area contributed by atoms with Gasteiger partial charge in [0.05, 0.1) is 11.6 Å². The molecule has 138 valence electrons. The van der Waals surface area contributed by atoms with Crippen molar-refractivity contribution in [1.29, 1.82) is 0 Å². The van der Waals surface area contributed by atoms with Crippen LogP contribution >= 0.6 is 0 Å². The molecule has 25 heavy (non-hydrogen) atoms. The van der Waals surface area contributed by atoms with E-state index < -0.39 is 0 Å². The average Bonchev–Trinajstić information content (AvgIpc) is 3.26. The molecular weight excluding hydrogens is 316 g/mol. The second-order valence-electron chi connectivity index (χ2n) is 8.06. The molecule has 1 aliphatic carbocycles. The first-order valence-corrected chi connectivity index (χ1v) is 9.35. The highest BCUT2D eigenvalue weighted by Crippen LogP contribution is 2.33. The van der Waals surface area contributed by atoms with Crippen LogP contribution in [0.1, 0.15) is 50.1 Å². The Morgan fingerprint density at radius 1 is 1.32 bits per heavy atom. The Morgan fingerprint density at radius 2 is 2.00 bits per heavy atom. The Labute approximate surface area is 150 Å². The van der Waals surface area contributed by atoms with Gasteiger partial charge < -0.3 is 9.80 Å². The van der Waals surface area contributed by atoms with E-state index in [1.165, 1.54) is 0 Å². The van der Waals surface area contributed by atoms with Gasteiger partial charge in [-0.2, -0.15) is 5.10 Å². The van der Waals surface area contributed by atoms with Crippen LogP contribution in [0, 0.1) is 25.7 Å². The van der Waals surface area contributed by atoms with Crippen molar-refractivity contribution in [2.75, 3.05) is 13.1 Å². The summed E-state index contributed by atoms with van der Waals surface area (Å²) in [6, 6.07) is 0.334. The Morgan fingerprint density at radius 3 is 2.52 bits per heavy atom. The summed E-state index contributed by atoms with van der Waals surface area (Å²) >= 11 is 0. The van der Waals surface area contributed by atoms with Gasteiger partial charge in [-0.15, -0.1) is 0 Å². The molecule has 0 spiro atoms. The van der Waals surface area contributed by atoms with Crippen molar-refractivity contribution in [3.05, 3.63) is 17.0 Å². The molecule has 1 saturated heterocycles. The zero-order valence-corrected chi connectivity index (χ0v) is 16.1. The molecule has 2 aliphatic rings. The second kappa shape index (κ2) is 6.81. The van der Waals surface area contributed by atoms with Gasteiger partial charge >= 0.3 is 0 Å². The Kier molecular flexibility index (Phi) is 4.89. The maximum Gasteiger partial charge on any atom is 0.228 e. The molecule has 3 rings (SSSR count). The van der Waals surface area contributed by atoms with Gasteiger partial charge in [0.1, 0.15) is 0 Å². The number of carbonyl (C=O) groups excluding carboxylic acids is 2. The van der Waals surface area contributed by atoms with Crippen molar-refractivity contribution in [2.24, 2.45) is 18.9 Å². The summed E-state index contributed by atoms with van der Waals surface area (Å²) in [6.45, 7) is 10.2. The first-order chi connectivity index (χ1) is 11.8. The molecule has 0 N–H and O–H groups in total. The zero-order valence-electron chi connectivity index (χ0n) is 16.1. The summed E-state index contributed by atoms with van der Waals surface area (Å²) < 4.78 is 1.88. The standard InChI is InChI=1S/C19H30N4O2/c1-12(2)9-22-10-15(8-18(22)24)19(25)23(16-6-7-16)11-17-13(3)20-21(5)14(17)4/h12,15-16H,6-11H2,1-5H3. The number of aryl methyl sites for hydroxylation is 2. The van der Waals surface area contributed by atoms with Gasteiger partial charge in [0.2, 0.25) is 11.8 Å². The lowest BCUT2D eigenvalue weighted by Crippen LogP contribution is -2.39. The highest BCUT2D eigenvalue weighted by Gasteiger charge is 2.41. The number of nitrogens with zero attached hydrogens (tertiary/aromatic N) is 4.